The third kappa shape index (κ3) is 10.4. The zero-order valence-electron chi connectivity index (χ0n) is 26.0. The van der Waals surface area contributed by atoms with E-state index in [1.807, 2.05) is 0 Å². The molecule has 2 aromatic heterocycles. The monoisotopic (exact) mass is 576 g/mol. The first-order chi connectivity index (χ1) is 20.5. The zero-order valence-corrected chi connectivity index (χ0v) is 26.0. The first-order valence-electron chi connectivity index (χ1n) is 15.7. The SMILES string of the molecule is CCCCCCCCCc1cc(=O)c2ccc(OC)cc2o1.CCCCCCCc1cc(=O)c2ccc(OC)cc2o1. The molecule has 0 bridgehead atoms. The third-order valence-electron chi connectivity index (χ3n) is 7.53. The summed E-state index contributed by atoms with van der Waals surface area (Å²) in [5.74, 6) is 2.97. The zero-order chi connectivity index (χ0) is 30.2. The van der Waals surface area contributed by atoms with Crippen LogP contribution >= 0.6 is 0 Å². The van der Waals surface area contributed by atoms with Crippen molar-refractivity contribution in [1.82, 2.24) is 0 Å². The Kier molecular flexibility index (Phi) is 14.2. The van der Waals surface area contributed by atoms with Gasteiger partial charge in [0.1, 0.15) is 34.2 Å². The number of ether oxygens (including phenoxy) is 2. The van der Waals surface area contributed by atoms with E-state index in [0.29, 0.717) is 33.4 Å². The van der Waals surface area contributed by atoms with Crippen molar-refractivity contribution >= 4 is 21.9 Å². The topological polar surface area (TPSA) is 78.9 Å². The van der Waals surface area contributed by atoms with Crippen LogP contribution in [0, 0.1) is 0 Å². The van der Waals surface area contributed by atoms with Gasteiger partial charge in [-0.25, -0.2) is 0 Å². The fourth-order valence-electron chi connectivity index (χ4n) is 5.03. The lowest BCUT2D eigenvalue weighted by Gasteiger charge is -2.05. The molecule has 228 valence electrons. The highest BCUT2D eigenvalue weighted by atomic mass is 16.5. The highest BCUT2D eigenvalue weighted by Crippen LogP contribution is 2.21. The Bertz CT molecular complexity index is 1480. The summed E-state index contributed by atoms with van der Waals surface area (Å²) in [4.78, 5) is 24.1. The molecule has 4 aromatic rings. The highest BCUT2D eigenvalue weighted by Gasteiger charge is 2.07. The van der Waals surface area contributed by atoms with E-state index in [1.165, 1.54) is 64.2 Å². The molecule has 6 nitrogen and oxygen atoms in total. The molecule has 0 spiro atoms. The van der Waals surface area contributed by atoms with Gasteiger partial charge in [-0.1, -0.05) is 78.1 Å². The van der Waals surface area contributed by atoms with Gasteiger partial charge in [-0.05, 0) is 37.1 Å². The van der Waals surface area contributed by atoms with Gasteiger partial charge < -0.3 is 18.3 Å². The largest absolute Gasteiger partial charge is 0.497 e. The second kappa shape index (κ2) is 18.1. The van der Waals surface area contributed by atoms with Gasteiger partial charge in [0.25, 0.3) is 0 Å². The summed E-state index contributed by atoms with van der Waals surface area (Å²) in [6.07, 6.45) is 16.5. The molecular formula is C36H48O6. The van der Waals surface area contributed by atoms with Gasteiger partial charge in [0.05, 0.1) is 25.0 Å². The van der Waals surface area contributed by atoms with Crippen molar-refractivity contribution in [2.75, 3.05) is 14.2 Å². The van der Waals surface area contributed by atoms with Gasteiger partial charge in [-0.2, -0.15) is 0 Å². The van der Waals surface area contributed by atoms with Crippen LogP contribution in [-0.4, -0.2) is 14.2 Å². The smallest absolute Gasteiger partial charge is 0.192 e. The second-order valence-corrected chi connectivity index (χ2v) is 10.9. The maximum atomic E-state index is 12.1. The molecule has 2 aromatic carbocycles. The van der Waals surface area contributed by atoms with Crippen LogP contribution in [0.2, 0.25) is 0 Å². The van der Waals surface area contributed by atoms with E-state index in [0.717, 1.165) is 37.2 Å². The minimum absolute atomic E-state index is 0.0254. The van der Waals surface area contributed by atoms with Crippen LogP contribution < -0.4 is 20.3 Å². The minimum Gasteiger partial charge on any atom is -0.497 e. The molecule has 0 fully saturated rings. The summed E-state index contributed by atoms with van der Waals surface area (Å²) in [5, 5.41) is 1.23. The number of aryl methyl sites for hydroxylation is 2. The molecule has 0 amide bonds. The molecule has 2 heterocycles. The van der Waals surface area contributed by atoms with Gasteiger partial charge >= 0.3 is 0 Å². The van der Waals surface area contributed by atoms with Crippen LogP contribution in [0.4, 0.5) is 0 Å². The van der Waals surface area contributed by atoms with E-state index < -0.39 is 0 Å². The Balaban J connectivity index is 0.000000231. The Hall–Kier alpha value is -3.54. The van der Waals surface area contributed by atoms with E-state index in [4.69, 9.17) is 18.3 Å². The lowest BCUT2D eigenvalue weighted by molar-refractivity contribution is 0.413. The Morgan fingerprint density at radius 2 is 0.905 bits per heavy atom. The molecule has 0 unspecified atom stereocenters. The molecule has 6 heteroatoms. The molecule has 4 rings (SSSR count). The van der Waals surface area contributed by atoms with Crippen LogP contribution in [0.15, 0.2) is 67.0 Å². The summed E-state index contributed by atoms with van der Waals surface area (Å²) in [5.41, 5.74) is 1.28. The maximum Gasteiger partial charge on any atom is 0.192 e. The predicted molar refractivity (Wildman–Crippen MR) is 172 cm³/mol. The molecule has 0 aliphatic heterocycles. The van der Waals surface area contributed by atoms with Crippen LogP contribution in [-0.2, 0) is 12.8 Å². The van der Waals surface area contributed by atoms with E-state index in [2.05, 4.69) is 13.8 Å². The Morgan fingerprint density at radius 1 is 0.524 bits per heavy atom. The van der Waals surface area contributed by atoms with Gasteiger partial charge in [-0.3, -0.25) is 9.59 Å². The summed E-state index contributed by atoms with van der Waals surface area (Å²) in [7, 11) is 3.22. The number of hydrogen-bond acceptors (Lipinski definition) is 6. The molecule has 0 radical (unpaired) electrons. The summed E-state index contributed by atoms with van der Waals surface area (Å²) >= 11 is 0. The summed E-state index contributed by atoms with van der Waals surface area (Å²) in [6.45, 7) is 4.44. The van der Waals surface area contributed by atoms with Crippen molar-refractivity contribution in [3.63, 3.8) is 0 Å². The van der Waals surface area contributed by atoms with E-state index in [9.17, 15) is 9.59 Å². The molecule has 0 atom stereocenters. The fourth-order valence-corrected chi connectivity index (χ4v) is 5.03. The number of methoxy groups -OCH3 is 2. The summed E-state index contributed by atoms with van der Waals surface area (Å²) < 4.78 is 22.0. The second-order valence-electron chi connectivity index (χ2n) is 10.9. The van der Waals surface area contributed by atoms with Crippen molar-refractivity contribution in [3.8, 4) is 11.5 Å². The lowest BCUT2D eigenvalue weighted by Crippen LogP contribution is -2.02. The molecule has 42 heavy (non-hydrogen) atoms. The fraction of sp³-hybridized carbons (Fsp3) is 0.500. The average Bonchev–Trinajstić information content (AvgIpc) is 3.00. The minimum atomic E-state index is 0.0254. The molecule has 0 saturated heterocycles. The number of unbranched alkanes of at least 4 members (excludes halogenated alkanes) is 10. The van der Waals surface area contributed by atoms with Gasteiger partial charge in [0, 0.05) is 37.1 Å². The molecular weight excluding hydrogens is 528 g/mol. The first kappa shape index (κ1) is 33.0. The Labute approximate surface area is 250 Å². The predicted octanol–water partition coefficient (Wildman–Crippen LogP) is 9.41. The van der Waals surface area contributed by atoms with Gasteiger partial charge in [-0.15, -0.1) is 0 Å². The number of hydrogen-bond donors (Lipinski definition) is 0. The number of rotatable bonds is 16. The molecule has 0 aliphatic carbocycles. The number of fused-ring (bicyclic) bond motifs is 2. The van der Waals surface area contributed by atoms with Crippen LogP contribution in [0.1, 0.15) is 102 Å². The third-order valence-corrected chi connectivity index (χ3v) is 7.53. The normalized spacial score (nSPS) is 11.0. The van der Waals surface area contributed by atoms with Crippen molar-refractivity contribution in [2.45, 2.75) is 104 Å². The van der Waals surface area contributed by atoms with Crippen LogP contribution in [0.5, 0.6) is 11.5 Å². The van der Waals surface area contributed by atoms with Crippen molar-refractivity contribution < 1.29 is 18.3 Å². The molecule has 0 saturated carbocycles. The van der Waals surface area contributed by atoms with E-state index in [-0.39, 0.29) is 10.9 Å². The standard InChI is InChI=1S/C19H26O3.C17H22O3/c1-3-4-5-6-7-8-9-10-16-13-18(20)17-12-11-15(21-2)14-19(17)22-16;1-3-4-5-6-7-8-14-11-16(18)15-10-9-13(19-2)12-17(15)20-14/h11-14H,3-10H2,1-2H3;9-12H,3-8H2,1-2H3. The van der Waals surface area contributed by atoms with Gasteiger partial charge in [0.15, 0.2) is 10.9 Å². The maximum absolute atomic E-state index is 12.1. The van der Waals surface area contributed by atoms with E-state index in [1.54, 1.807) is 62.8 Å². The average molecular weight is 577 g/mol. The van der Waals surface area contributed by atoms with Crippen molar-refractivity contribution in [3.05, 3.63) is 80.5 Å². The number of benzene rings is 2. The Morgan fingerprint density at radius 3 is 1.29 bits per heavy atom. The van der Waals surface area contributed by atoms with Gasteiger partial charge in [0.2, 0.25) is 0 Å². The quantitative estimate of drug-likeness (QED) is 0.124. The van der Waals surface area contributed by atoms with E-state index >= 15 is 0 Å². The summed E-state index contributed by atoms with van der Waals surface area (Å²) in [6, 6.07) is 13.9. The highest BCUT2D eigenvalue weighted by molar-refractivity contribution is 5.78. The van der Waals surface area contributed by atoms with Crippen LogP contribution in [0.3, 0.4) is 0 Å². The van der Waals surface area contributed by atoms with Crippen molar-refractivity contribution in [2.24, 2.45) is 0 Å². The first-order valence-corrected chi connectivity index (χ1v) is 15.7. The molecule has 0 aliphatic rings. The molecule has 0 N–H and O–H groups in total. The lowest BCUT2D eigenvalue weighted by atomic mass is 10.1. The van der Waals surface area contributed by atoms with Crippen molar-refractivity contribution in [1.29, 1.82) is 0 Å². The van der Waals surface area contributed by atoms with Crippen LogP contribution in [0.25, 0.3) is 21.9 Å².